The number of hydrogen-bond donors (Lipinski definition) is 2. The largest absolute Gasteiger partial charge is 0.322 e. The molecule has 42 heavy (non-hydrogen) atoms. The molecule has 0 radical (unpaired) electrons. The van der Waals surface area contributed by atoms with Gasteiger partial charge < -0.3 is 10.6 Å². The molecule has 216 valence electrons. The lowest BCUT2D eigenvalue weighted by Gasteiger charge is -2.19. The van der Waals surface area contributed by atoms with E-state index < -0.39 is 0 Å². The quantitative estimate of drug-likeness (QED) is 0.235. The highest BCUT2D eigenvalue weighted by Crippen LogP contribution is 2.25. The fraction of sp³-hybridized carbons (Fsp3) is 0.257. The molecular weight excluding hydrogens is 522 g/mol. The molecule has 0 saturated carbocycles. The summed E-state index contributed by atoms with van der Waals surface area (Å²) in [5.41, 5.74) is 6.19. The molecule has 0 saturated heterocycles. The number of aryl methyl sites for hydroxylation is 1. The lowest BCUT2D eigenvalue weighted by molar-refractivity contribution is 0.101. The van der Waals surface area contributed by atoms with Gasteiger partial charge in [0.1, 0.15) is 0 Å². The van der Waals surface area contributed by atoms with Crippen LogP contribution in [0.4, 0.5) is 11.4 Å². The number of amides is 2. The molecule has 0 fully saturated rings. The van der Waals surface area contributed by atoms with Crippen LogP contribution in [0.25, 0.3) is 10.9 Å². The highest BCUT2D eigenvalue weighted by atomic mass is 16.2. The molecule has 0 aliphatic carbocycles. The number of carbonyl (C=O) groups excluding carboxylic acids is 2. The third-order valence-electron chi connectivity index (χ3n) is 6.91. The van der Waals surface area contributed by atoms with E-state index in [0.29, 0.717) is 16.8 Å². The van der Waals surface area contributed by atoms with Gasteiger partial charge in [-0.1, -0.05) is 65.8 Å². The second-order valence-electron chi connectivity index (χ2n) is 12.4. The molecule has 0 bridgehead atoms. The van der Waals surface area contributed by atoms with Crippen molar-refractivity contribution in [2.75, 3.05) is 10.6 Å². The Morgan fingerprint density at radius 2 is 1.24 bits per heavy atom. The van der Waals surface area contributed by atoms with E-state index in [1.807, 2.05) is 78.5 Å². The number of benzene rings is 3. The van der Waals surface area contributed by atoms with Gasteiger partial charge >= 0.3 is 0 Å². The smallest absolute Gasteiger partial charge is 0.255 e. The number of hydrogen-bond acceptors (Lipinski definition) is 4. The molecule has 2 aromatic heterocycles. The van der Waals surface area contributed by atoms with Gasteiger partial charge in [-0.3, -0.25) is 19.3 Å². The fourth-order valence-corrected chi connectivity index (χ4v) is 4.34. The van der Waals surface area contributed by atoms with Gasteiger partial charge in [-0.15, -0.1) is 0 Å². The number of aromatic nitrogens is 3. The number of anilines is 2. The number of nitrogens with zero attached hydrogens (tertiary/aromatic N) is 3. The van der Waals surface area contributed by atoms with Gasteiger partial charge in [-0.25, -0.2) is 0 Å². The summed E-state index contributed by atoms with van der Waals surface area (Å²) in [6, 6.07) is 24.9. The van der Waals surface area contributed by atoms with E-state index >= 15 is 0 Å². The second-order valence-corrected chi connectivity index (χ2v) is 12.4. The van der Waals surface area contributed by atoms with Crippen LogP contribution in [0.5, 0.6) is 0 Å². The standard InChI is InChI=1S/C19H21N3O.C16H18N2O/c1-19(2,3)15-7-5-6-13(10-15)18(23)21-16-8-9-17-14(11-16)12-20-22(17)4;1-16(2,3)13-7-4-6-12(10-13)15(19)18-14-8-5-9-17-11-14/h5-12H,1-4H3,(H,21,23);4-11H,1-3H3,(H,18,19). The Bertz CT molecular complexity index is 1690. The first-order valence-corrected chi connectivity index (χ1v) is 14.0. The van der Waals surface area contributed by atoms with Crippen LogP contribution in [-0.2, 0) is 17.9 Å². The van der Waals surface area contributed by atoms with Crippen LogP contribution in [0.2, 0.25) is 0 Å². The van der Waals surface area contributed by atoms with E-state index in [1.165, 1.54) is 0 Å². The van der Waals surface area contributed by atoms with Gasteiger partial charge in [-0.05, 0) is 76.6 Å². The maximum atomic E-state index is 12.5. The average molecular weight is 562 g/mol. The Kier molecular flexibility index (Phi) is 8.90. The molecule has 0 aliphatic rings. The number of pyridine rings is 1. The van der Waals surface area contributed by atoms with Crippen molar-refractivity contribution >= 4 is 34.1 Å². The average Bonchev–Trinajstić information content (AvgIpc) is 3.33. The summed E-state index contributed by atoms with van der Waals surface area (Å²) in [5, 5.41) is 11.0. The Morgan fingerprint density at radius 3 is 1.76 bits per heavy atom. The number of nitrogens with one attached hydrogen (secondary N) is 2. The summed E-state index contributed by atoms with van der Waals surface area (Å²) in [4.78, 5) is 28.6. The Hall–Kier alpha value is -4.78. The molecular formula is C35H39N5O2. The summed E-state index contributed by atoms with van der Waals surface area (Å²) in [6.07, 6.45) is 5.10. The van der Waals surface area contributed by atoms with Crippen LogP contribution in [0.1, 0.15) is 73.4 Å². The third-order valence-corrected chi connectivity index (χ3v) is 6.91. The maximum absolute atomic E-state index is 12.5. The van der Waals surface area contributed by atoms with Crippen LogP contribution >= 0.6 is 0 Å². The maximum Gasteiger partial charge on any atom is 0.255 e. The molecule has 7 nitrogen and oxygen atoms in total. The molecule has 0 spiro atoms. The topological polar surface area (TPSA) is 88.9 Å². The van der Waals surface area contributed by atoms with E-state index in [9.17, 15) is 9.59 Å². The molecule has 0 atom stereocenters. The summed E-state index contributed by atoms with van der Waals surface area (Å²) in [6.45, 7) is 12.8. The summed E-state index contributed by atoms with van der Waals surface area (Å²) >= 11 is 0. The van der Waals surface area contributed by atoms with E-state index in [4.69, 9.17) is 0 Å². The molecule has 2 heterocycles. The Morgan fingerprint density at radius 1 is 0.667 bits per heavy atom. The van der Waals surface area contributed by atoms with Gasteiger partial charge in [0.2, 0.25) is 0 Å². The number of carbonyl (C=O) groups is 2. The predicted octanol–water partition coefficient (Wildman–Crippen LogP) is 7.75. The van der Waals surface area contributed by atoms with Crippen LogP contribution in [0.3, 0.4) is 0 Å². The van der Waals surface area contributed by atoms with E-state index in [1.54, 1.807) is 24.7 Å². The second kappa shape index (κ2) is 12.4. The molecule has 0 aliphatic heterocycles. The number of rotatable bonds is 4. The van der Waals surface area contributed by atoms with Crippen molar-refractivity contribution in [1.82, 2.24) is 14.8 Å². The Labute approximate surface area is 248 Å². The van der Waals surface area contributed by atoms with E-state index in [2.05, 4.69) is 68.3 Å². The van der Waals surface area contributed by atoms with E-state index in [0.717, 1.165) is 27.7 Å². The van der Waals surface area contributed by atoms with Crippen molar-refractivity contribution in [3.8, 4) is 0 Å². The van der Waals surface area contributed by atoms with Crippen molar-refractivity contribution in [3.05, 3.63) is 120 Å². The van der Waals surface area contributed by atoms with Crippen LogP contribution < -0.4 is 10.6 Å². The van der Waals surface area contributed by atoms with Crippen molar-refractivity contribution in [2.45, 2.75) is 52.4 Å². The lowest BCUT2D eigenvalue weighted by atomic mass is 9.86. The minimum absolute atomic E-state index is 0.0188. The van der Waals surface area contributed by atoms with Crippen molar-refractivity contribution < 1.29 is 9.59 Å². The first-order valence-electron chi connectivity index (χ1n) is 14.0. The molecule has 3 aromatic carbocycles. The van der Waals surface area contributed by atoms with Crippen LogP contribution in [0.15, 0.2) is 97.5 Å². The molecule has 2 amide bonds. The van der Waals surface area contributed by atoms with Gasteiger partial charge in [-0.2, -0.15) is 5.10 Å². The Balaban J connectivity index is 0.000000197. The van der Waals surface area contributed by atoms with E-state index in [-0.39, 0.29) is 22.6 Å². The first-order chi connectivity index (χ1) is 19.8. The summed E-state index contributed by atoms with van der Waals surface area (Å²) in [5.74, 6) is -0.210. The lowest BCUT2D eigenvalue weighted by Crippen LogP contribution is -2.15. The third kappa shape index (κ3) is 7.69. The van der Waals surface area contributed by atoms with Crippen LogP contribution in [-0.4, -0.2) is 26.6 Å². The SMILES string of the molecule is CC(C)(C)c1cccc(C(=O)Nc2cccnc2)c1.Cn1ncc2cc(NC(=O)c3cccc(C(C)(C)C)c3)ccc21. The van der Waals surface area contributed by atoms with Gasteiger partial charge in [0.05, 0.1) is 23.6 Å². The summed E-state index contributed by atoms with van der Waals surface area (Å²) in [7, 11) is 1.90. The zero-order valence-corrected chi connectivity index (χ0v) is 25.4. The fourth-order valence-electron chi connectivity index (χ4n) is 4.34. The minimum Gasteiger partial charge on any atom is -0.322 e. The predicted molar refractivity (Wildman–Crippen MR) is 171 cm³/mol. The molecule has 2 N–H and O–H groups in total. The van der Waals surface area contributed by atoms with Gasteiger partial charge in [0.15, 0.2) is 0 Å². The minimum atomic E-state index is -0.112. The molecule has 5 rings (SSSR count). The number of fused-ring (bicyclic) bond motifs is 1. The normalized spacial score (nSPS) is 11.4. The zero-order valence-electron chi connectivity index (χ0n) is 25.4. The van der Waals surface area contributed by atoms with Crippen molar-refractivity contribution in [1.29, 1.82) is 0 Å². The van der Waals surface area contributed by atoms with Crippen LogP contribution in [0, 0.1) is 0 Å². The highest BCUT2D eigenvalue weighted by molar-refractivity contribution is 6.05. The zero-order chi connectivity index (χ0) is 30.5. The molecule has 5 aromatic rings. The monoisotopic (exact) mass is 561 g/mol. The highest BCUT2D eigenvalue weighted by Gasteiger charge is 2.17. The summed E-state index contributed by atoms with van der Waals surface area (Å²) < 4.78 is 1.81. The van der Waals surface area contributed by atoms with Crippen molar-refractivity contribution in [3.63, 3.8) is 0 Å². The van der Waals surface area contributed by atoms with Gasteiger partial charge in [0, 0.05) is 35.4 Å². The van der Waals surface area contributed by atoms with Gasteiger partial charge in [0.25, 0.3) is 11.8 Å². The first kappa shape index (κ1) is 30.2. The molecule has 7 heteroatoms. The van der Waals surface area contributed by atoms with Crippen molar-refractivity contribution in [2.24, 2.45) is 7.05 Å². The molecule has 0 unspecified atom stereocenters.